The summed E-state index contributed by atoms with van der Waals surface area (Å²) < 4.78 is 5.28. The molecule has 20 heavy (non-hydrogen) atoms. The number of pyridine rings is 1. The van der Waals surface area contributed by atoms with Crippen molar-refractivity contribution in [3.8, 4) is 0 Å². The van der Waals surface area contributed by atoms with Crippen LogP contribution in [0.3, 0.4) is 0 Å². The highest BCUT2D eigenvalue weighted by atomic mass is 16.5. The number of hydrazine groups is 1. The van der Waals surface area contributed by atoms with E-state index in [1.165, 1.54) is 0 Å². The minimum Gasteiger partial charge on any atom is -0.378 e. The molecule has 0 aliphatic carbocycles. The fourth-order valence-corrected chi connectivity index (χ4v) is 2.36. The van der Waals surface area contributed by atoms with Gasteiger partial charge in [-0.2, -0.15) is 0 Å². The van der Waals surface area contributed by atoms with Gasteiger partial charge in [-0.15, -0.1) is 0 Å². The Morgan fingerprint density at radius 1 is 1.30 bits per heavy atom. The molecule has 0 saturated carbocycles. The van der Waals surface area contributed by atoms with Gasteiger partial charge in [-0.1, -0.05) is 18.2 Å². The number of benzene rings is 1. The normalized spacial score (nSPS) is 15.3. The van der Waals surface area contributed by atoms with Crippen molar-refractivity contribution in [1.82, 2.24) is 9.88 Å². The molecule has 0 atom stereocenters. The maximum absolute atomic E-state index is 12.7. The van der Waals surface area contributed by atoms with E-state index in [-0.39, 0.29) is 5.91 Å². The van der Waals surface area contributed by atoms with Crippen LogP contribution in [0.2, 0.25) is 0 Å². The van der Waals surface area contributed by atoms with Gasteiger partial charge in [0.2, 0.25) is 0 Å². The number of anilines is 1. The monoisotopic (exact) mass is 272 g/mol. The van der Waals surface area contributed by atoms with Crippen LogP contribution in [-0.2, 0) is 4.74 Å². The van der Waals surface area contributed by atoms with Crippen LogP contribution in [0.5, 0.6) is 0 Å². The lowest BCUT2D eigenvalue weighted by Crippen LogP contribution is -2.40. The molecule has 0 unspecified atom stereocenters. The summed E-state index contributed by atoms with van der Waals surface area (Å²) in [6.45, 7) is 2.38. The van der Waals surface area contributed by atoms with Crippen molar-refractivity contribution in [2.75, 3.05) is 31.7 Å². The molecule has 104 valence electrons. The van der Waals surface area contributed by atoms with E-state index < -0.39 is 0 Å². The molecular formula is C14H16N4O2. The summed E-state index contributed by atoms with van der Waals surface area (Å²) in [6.07, 6.45) is 0. The first kappa shape index (κ1) is 12.8. The number of amides is 1. The number of nitrogens with zero attached hydrogens (tertiary/aromatic N) is 2. The molecule has 1 saturated heterocycles. The van der Waals surface area contributed by atoms with E-state index in [2.05, 4.69) is 10.4 Å². The average molecular weight is 272 g/mol. The van der Waals surface area contributed by atoms with Crippen LogP contribution in [0.25, 0.3) is 10.9 Å². The van der Waals surface area contributed by atoms with E-state index in [0.717, 1.165) is 10.9 Å². The lowest BCUT2D eigenvalue weighted by Gasteiger charge is -2.27. The number of rotatable bonds is 2. The Morgan fingerprint density at radius 3 is 2.80 bits per heavy atom. The summed E-state index contributed by atoms with van der Waals surface area (Å²) in [7, 11) is 0. The van der Waals surface area contributed by atoms with Gasteiger partial charge >= 0.3 is 0 Å². The molecule has 1 aromatic heterocycles. The Balaban J connectivity index is 2.06. The van der Waals surface area contributed by atoms with Crippen LogP contribution in [0.1, 0.15) is 10.4 Å². The predicted octanol–water partition coefficient (Wildman–Crippen LogP) is 0.993. The Kier molecular flexibility index (Phi) is 3.49. The van der Waals surface area contributed by atoms with Crippen molar-refractivity contribution in [2.45, 2.75) is 0 Å². The van der Waals surface area contributed by atoms with Crippen molar-refractivity contribution < 1.29 is 9.53 Å². The second kappa shape index (κ2) is 5.44. The lowest BCUT2D eigenvalue weighted by molar-refractivity contribution is 0.0304. The third kappa shape index (κ3) is 2.31. The Hall–Kier alpha value is -2.18. The molecule has 6 nitrogen and oxygen atoms in total. The first-order chi connectivity index (χ1) is 9.79. The lowest BCUT2D eigenvalue weighted by atomic mass is 10.1. The molecule has 3 N–H and O–H groups in total. The number of nitrogens with two attached hydrogens (primary N) is 1. The van der Waals surface area contributed by atoms with Gasteiger partial charge < -0.3 is 15.1 Å². The van der Waals surface area contributed by atoms with Gasteiger partial charge in [0, 0.05) is 18.5 Å². The van der Waals surface area contributed by atoms with Crippen LogP contribution in [0.15, 0.2) is 30.3 Å². The molecule has 0 bridgehead atoms. The van der Waals surface area contributed by atoms with E-state index >= 15 is 0 Å². The number of morpholine rings is 1. The third-order valence-corrected chi connectivity index (χ3v) is 3.39. The van der Waals surface area contributed by atoms with E-state index in [9.17, 15) is 4.79 Å². The number of hydrogen-bond acceptors (Lipinski definition) is 5. The summed E-state index contributed by atoms with van der Waals surface area (Å²) in [6, 6.07) is 9.25. The molecule has 1 aromatic carbocycles. The maximum Gasteiger partial charge on any atom is 0.254 e. The van der Waals surface area contributed by atoms with Crippen molar-refractivity contribution in [3.63, 3.8) is 0 Å². The van der Waals surface area contributed by atoms with Crippen LogP contribution in [0.4, 0.5) is 5.82 Å². The topological polar surface area (TPSA) is 80.5 Å². The third-order valence-electron chi connectivity index (χ3n) is 3.39. The number of ether oxygens (including phenoxy) is 1. The van der Waals surface area contributed by atoms with Gasteiger partial charge in [0.1, 0.15) is 5.82 Å². The summed E-state index contributed by atoms with van der Waals surface area (Å²) in [5.74, 6) is 5.91. The number of hydrogen-bond donors (Lipinski definition) is 2. The molecule has 2 aromatic rings. The molecular weight excluding hydrogens is 256 g/mol. The number of nitrogens with one attached hydrogen (secondary N) is 1. The SMILES string of the molecule is NNc1cc(C(=O)N2CCOCC2)c2ccccc2n1. The van der Waals surface area contributed by atoms with Crippen molar-refractivity contribution >= 4 is 22.6 Å². The molecule has 1 fully saturated rings. The number of nitrogen functional groups attached to an aromatic ring is 1. The molecule has 0 radical (unpaired) electrons. The molecule has 1 amide bonds. The fourth-order valence-electron chi connectivity index (χ4n) is 2.36. The zero-order chi connectivity index (χ0) is 13.9. The predicted molar refractivity (Wildman–Crippen MR) is 76.3 cm³/mol. The van der Waals surface area contributed by atoms with E-state index in [0.29, 0.717) is 37.7 Å². The summed E-state index contributed by atoms with van der Waals surface area (Å²) in [5.41, 5.74) is 3.88. The highest BCUT2D eigenvalue weighted by molar-refractivity contribution is 6.07. The van der Waals surface area contributed by atoms with E-state index in [1.807, 2.05) is 24.3 Å². The number of carbonyl (C=O) groups is 1. The van der Waals surface area contributed by atoms with Crippen molar-refractivity contribution in [2.24, 2.45) is 5.84 Å². The Bertz CT molecular complexity index is 638. The average Bonchev–Trinajstić information content (AvgIpc) is 2.54. The number of para-hydroxylation sites is 1. The number of aromatic nitrogens is 1. The quantitative estimate of drug-likeness (QED) is 0.629. The molecule has 6 heteroatoms. The highest BCUT2D eigenvalue weighted by Gasteiger charge is 2.21. The molecule has 2 heterocycles. The first-order valence-corrected chi connectivity index (χ1v) is 6.53. The number of fused-ring (bicyclic) bond motifs is 1. The number of carbonyl (C=O) groups excluding carboxylic acids is 1. The van der Waals surface area contributed by atoms with Gasteiger partial charge in [-0.25, -0.2) is 10.8 Å². The highest BCUT2D eigenvalue weighted by Crippen LogP contribution is 2.22. The molecule has 1 aliphatic rings. The summed E-state index contributed by atoms with van der Waals surface area (Å²) in [5, 5.41) is 0.836. The van der Waals surface area contributed by atoms with Crippen LogP contribution >= 0.6 is 0 Å². The van der Waals surface area contributed by atoms with Crippen LogP contribution < -0.4 is 11.3 Å². The van der Waals surface area contributed by atoms with Gasteiger partial charge in [-0.3, -0.25) is 4.79 Å². The second-order valence-corrected chi connectivity index (χ2v) is 4.62. The minimum absolute atomic E-state index is 0.0107. The second-order valence-electron chi connectivity index (χ2n) is 4.62. The zero-order valence-corrected chi connectivity index (χ0v) is 11.0. The fraction of sp³-hybridized carbons (Fsp3) is 0.286. The van der Waals surface area contributed by atoms with Crippen molar-refractivity contribution in [1.29, 1.82) is 0 Å². The van der Waals surface area contributed by atoms with E-state index in [1.54, 1.807) is 11.0 Å². The smallest absolute Gasteiger partial charge is 0.254 e. The van der Waals surface area contributed by atoms with Crippen molar-refractivity contribution in [3.05, 3.63) is 35.9 Å². The van der Waals surface area contributed by atoms with Gasteiger partial charge in [0.15, 0.2) is 0 Å². The van der Waals surface area contributed by atoms with Crippen LogP contribution in [-0.4, -0.2) is 42.1 Å². The standard InChI is InChI=1S/C14H16N4O2/c15-17-13-9-11(10-3-1-2-4-12(10)16-13)14(19)18-5-7-20-8-6-18/h1-4,9H,5-8,15H2,(H,16,17). The molecule has 3 rings (SSSR count). The minimum atomic E-state index is -0.0107. The maximum atomic E-state index is 12.7. The molecule has 0 spiro atoms. The first-order valence-electron chi connectivity index (χ1n) is 6.53. The molecule has 1 aliphatic heterocycles. The largest absolute Gasteiger partial charge is 0.378 e. The van der Waals surface area contributed by atoms with E-state index in [4.69, 9.17) is 10.6 Å². The van der Waals surface area contributed by atoms with Gasteiger partial charge in [-0.05, 0) is 12.1 Å². The summed E-state index contributed by atoms with van der Waals surface area (Å²) >= 11 is 0. The van der Waals surface area contributed by atoms with Gasteiger partial charge in [0.05, 0.1) is 24.3 Å². The summed E-state index contributed by atoms with van der Waals surface area (Å²) in [4.78, 5) is 18.8. The zero-order valence-electron chi connectivity index (χ0n) is 11.0. The Morgan fingerprint density at radius 2 is 2.05 bits per heavy atom. The van der Waals surface area contributed by atoms with Crippen LogP contribution in [0, 0.1) is 0 Å². The van der Waals surface area contributed by atoms with Gasteiger partial charge in [0.25, 0.3) is 5.91 Å². The Labute approximate surface area is 116 Å².